The van der Waals surface area contributed by atoms with Crippen LogP contribution in [0.25, 0.3) is 6.08 Å². The van der Waals surface area contributed by atoms with E-state index in [9.17, 15) is 14.9 Å². The zero-order valence-corrected chi connectivity index (χ0v) is 21.6. The van der Waals surface area contributed by atoms with E-state index in [1.165, 1.54) is 13.2 Å². The number of rotatable bonds is 9. The Balaban J connectivity index is 1.72. The highest BCUT2D eigenvalue weighted by molar-refractivity contribution is 9.10. The van der Waals surface area contributed by atoms with Gasteiger partial charge in [0, 0.05) is 5.69 Å². The molecule has 3 aromatic rings. The predicted octanol–water partition coefficient (Wildman–Crippen LogP) is 5.68. The van der Waals surface area contributed by atoms with Gasteiger partial charge in [0.25, 0.3) is 11.8 Å². The third-order valence-electron chi connectivity index (χ3n) is 4.77. The summed E-state index contributed by atoms with van der Waals surface area (Å²) in [6.07, 6.45) is 1.40. The van der Waals surface area contributed by atoms with Crippen molar-refractivity contribution in [2.24, 2.45) is 0 Å². The molecule has 3 rings (SSSR count). The number of ether oxygens (including phenoxy) is 3. The van der Waals surface area contributed by atoms with Gasteiger partial charge in [0.15, 0.2) is 18.1 Å². The number of nitrogens with zero attached hydrogens (tertiary/aromatic N) is 1. The fourth-order valence-electron chi connectivity index (χ4n) is 3.04. The molecule has 0 saturated carbocycles. The van der Waals surface area contributed by atoms with E-state index in [2.05, 4.69) is 26.6 Å². The lowest BCUT2D eigenvalue weighted by Crippen LogP contribution is -2.20. The molecule has 0 bridgehead atoms. The van der Waals surface area contributed by atoms with Gasteiger partial charge in [-0.1, -0.05) is 23.7 Å². The molecule has 184 valence electrons. The molecule has 0 unspecified atom stereocenters. The first-order chi connectivity index (χ1) is 17.3. The summed E-state index contributed by atoms with van der Waals surface area (Å²) in [6, 6.07) is 18.7. The minimum absolute atomic E-state index is 0.142. The Labute approximate surface area is 221 Å². The van der Waals surface area contributed by atoms with Crippen molar-refractivity contribution in [3.8, 4) is 23.3 Å². The number of hydrogen-bond donors (Lipinski definition) is 2. The topological polar surface area (TPSA) is 110 Å². The number of carbonyl (C=O) groups excluding carboxylic acids is 2. The third-order valence-corrected chi connectivity index (χ3v) is 5.69. The summed E-state index contributed by atoms with van der Waals surface area (Å²) in [5.41, 5.74) is 1.34. The lowest BCUT2D eigenvalue weighted by atomic mass is 10.1. The molecule has 0 heterocycles. The van der Waals surface area contributed by atoms with Crippen molar-refractivity contribution in [3.63, 3.8) is 0 Å². The molecule has 0 aliphatic carbocycles. The monoisotopic (exact) mass is 569 g/mol. The van der Waals surface area contributed by atoms with Crippen LogP contribution in [0.3, 0.4) is 0 Å². The van der Waals surface area contributed by atoms with Crippen molar-refractivity contribution < 1.29 is 23.8 Å². The molecule has 0 radical (unpaired) electrons. The van der Waals surface area contributed by atoms with E-state index in [0.717, 1.165) is 0 Å². The molecule has 0 atom stereocenters. The molecule has 0 saturated heterocycles. The van der Waals surface area contributed by atoms with Gasteiger partial charge in [0.05, 0.1) is 29.4 Å². The van der Waals surface area contributed by atoms with Gasteiger partial charge < -0.3 is 24.8 Å². The van der Waals surface area contributed by atoms with Crippen LogP contribution in [0.4, 0.5) is 11.4 Å². The molecule has 36 heavy (non-hydrogen) atoms. The lowest BCUT2D eigenvalue weighted by molar-refractivity contribution is -0.118. The largest absolute Gasteiger partial charge is 0.497 e. The first-order valence-electron chi connectivity index (χ1n) is 10.5. The number of anilines is 2. The number of benzene rings is 3. The van der Waals surface area contributed by atoms with Crippen LogP contribution in [-0.2, 0) is 9.59 Å². The molecular weight excluding hydrogens is 550 g/mol. The number of methoxy groups -OCH3 is 2. The van der Waals surface area contributed by atoms with E-state index in [1.54, 1.807) is 67.8 Å². The second-order valence-electron chi connectivity index (χ2n) is 7.20. The predicted molar refractivity (Wildman–Crippen MR) is 141 cm³/mol. The molecule has 0 spiro atoms. The fourth-order valence-corrected chi connectivity index (χ4v) is 3.80. The highest BCUT2D eigenvalue weighted by Crippen LogP contribution is 2.37. The van der Waals surface area contributed by atoms with Gasteiger partial charge >= 0.3 is 0 Å². The summed E-state index contributed by atoms with van der Waals surface area (Å²) >= 11 is 9.48. The third kappa shape index (κ3) is 7.01. The number of carbonyl (C=O) groups is 2. The normalized spacial score (nSPS) is 10.7. The SMILES string of the molecule is COc1ccc(NC(=O)COc2c(Br)cc(/C=C(\C#N)C(=O)Nc3ccccc3Cl)cc2OC)cc1. The van der Waals surface area contributed by atoms with Gasteiger partial charge in [-0.2, -0.15) is 5.26 Å². The van der Waals surface area contributed by atoms with Crippen molar-refractivity contribution in [2.45, 2.75) is 0 Å². The molecule has 0 aliphatic rings. The summed E-state index contributed by atoms with van der Waals surface area (Å²) in [6.45, 7) is -0.278. The quantitative estimate of drug-likeness (QED) is 0.253. The highest BCUT2D eigenvalue weighted by atomic mass is 79.9. The Morgan fingerprint density at radius 2 is 1.78 bits per heavy atom. The number of para-hydroxylation sites is 1. The average molecular weight is 571 g/mol. The maximum Gasteiger partial charge on any atom is 0.266 e. The van der Waals surface area contributed by atoms with Gasteiger partial charge in [0.1, 0.15) is 17.4 Å². The molecule has 2 N–H and O–H groups in total. The van der Waals surface area contributed by atoms with Crippen LogP contribution in [-0.4, -0.2) is 32.6 Å². The van der Waals surface area contributed by atoms with Crippen LogP contribution in [0.2, 0.25) is 5.02 Å². The van der Waals surface area contributed by atoms with E-state index >= 15 is 0 Å². The van der Waals surface area contributed by atoms with Crippen LogP contribution in [0, 0.1) is 11.3 Å². The Morgan fingerprint density at radius 3 is 2.42 bits per heavy atom. The second kappa shape index (κ2) is 12.6. The van der Waals surface area contributed by atoms with Crippen molar-refractivity contribution >= 4 is 56.8 Å². The number of nitrogens with one attached hydrogen (secondary N) is 2. The molecule has 3 aromatic carbocycles. The van der Waals surface area contributed by atoms with Crippen LogP contribution >= 0.6 is 27.5 Å². The van der Waals surface area contributed by atoms with Crippen molar-refractivity contribution in [1.82, 2.24) is 0 Å². The second-order valence-corrected chi connectivity index (χ2v) is 8.46. The number of hydrogen-bond acceptors (Lipinski definition) is 6. The summed E-state index contributed by atoms with van der Waals surface area (Å²) in [4.78, 5) is 24.9. The molecule has 2 amide bonds. The number of amides is 2. The van der Waals surface area contributed by atoms with E-state index in [4.69, 9.17) is 25.8 Å². The Bertz CT molecular complexity index is 1340. The minimum atomic E-state index is -0.615. The lowest BCUT2D eigenvalue weighted by Gasteiger charge is -2.14. The van der Waals surface area contributed by atoms with Crippen LogP contribution < -0.4 is 24.8 Å². The van der Waals surface area contributed by atoms with Gasteiger partial charge in [-0.25, -0.2) is 0 Å². The van der Waals surface area contributed by atoms with Crippen LogP contribution in [0.5, 0.6) is 17.2 Å². The molecule has 8 nitrogen and oxygen atoms in total. The number of nitriles is 1. The van der Waals surface area contributed by atoms with Crippen LogP contribution in [0.1, 0.15) is 5.56 Å². The number of halogens is 2. The van der Waals surface area contributed by atoms with E-state index in [0.29, 0.717) is 43.7 Å². The first kappa shape index (κ1) is 26.6. The van der Waals surface area contributed by atoms with Crippen molar-refractivity contribution in [2.75, 3.05) is 31.5 Å². The van der Waals surface area contributed by atoms with E-state index < -0.39 is 5.91 Å². The van der Waals surface area contributed by atoms with Gasteiger partial charge in [0.2, 0.25) is 0 Å². The summed E-state index contributed by atoms with van der Waals surface area (Å²) < 4.78 is 16.6. The smallest absolute Gasteiger partial charge is 0.266 e. The van der Waals surface area contributed by atoms with Gasteiger partial charge in [-0.15, -0.1) is 0 Å². The zero-order valence-electron chi connectivity index (χ0n) is 19.3. The molecule has 10 heteroatoms. The highest BCUT2D eigenvalue weighted by Gasteiger charge is 2.16. The van der Waals surface area contributed by atoms with Gasteiger partial charge in [-0.3, -0.25) is 9.59 Å². The Morgan fingerprint density at radius 1 is 1.06 bits per heavy atom. The molecule has 0 aliphatic heterocycles. The fraction of sp³-hybridized carbons (Fsp3) is 0.115. The summed E-state index contributed by atoms with van der Waals surface area (Å²) in [7, 11) is 3.00. The average Bonchev–Trinajstić information content (AvgIpc) is 2.88. The summed E-state index contributed by atoms with van der Waals surface area (Å²) in [5, 5.41) is 15.2. The van der Waals surface area contributed by atoms with Crippen molar-refractivity contribution in [1.29, 1.82) is 5.26 Å². The van der Waals surface area contributed by atoms with Gasteiger partial charge in [-0.05, 0) is 76.1 Å². The zero-order chi connectivity index (χ0) is 26.1. The minimum Gasteiger partial charge on any atom is -0.497 e. The summed E-state index contributed by atoms with van der Waals surface area (Å²) in [5.74, 6) is 0.278. The maximum atomic E-state index is 12.6. The van der Waals surface area contributed by atoms with Crippen LogP contribution in [0.15, 0.2) is 70.7 Å². The van der Waals surface area contributed by atoms with E-state index in [-0.39, 0.29) is 18.1 Å². The van der Waals surface area contributed by atoms with E-state index in [1.807, 2.05) is 6.07 Å². The molecule has 0 fully saturated rings. The maximum absolute atomic E-state index is 12.6. The molecule has 0 aromatic heterocycles. The first-order valence-corrected chi connectivity index (χ1v) is 11.6. The standard InChI is InChI=1S/C26H21BrClN3O5/c1-34-19-9-7-18(8-10-19)30-24(32)15-36-25-20(27)12-16(13-23(25)35-2)11-17(14-29)26(33)31-22-6-4-3-5-21(22)28/h3-13H,15H2,1-2H3,(H,30,32)(H,31,33)/b17-11+. The van der Waals surface area contributed by atoms with Crippen molar-refractivity contribution in [3.05, 3.63) is 81.3 Å². The Kier molecular flexibility index (Phi) is 9.33. The Hall–Kier alpha value is -4.00. The molecular formula is C26H21BrClN3O5.